The van der Waals surface area contributed by atoms with Gasteiger partial charge in [-0.25, -0.2) is 0 Å². The molecule has 1 atom stereocenters. The molecule has 30 heavy (non-hydrogen) atoms. The quantitative estimate of drug-likeness (QED) is 0.586. The molecule has 0 amide bonds. The Hall–Kier alpha value is -1.84. The van der Waals surface area contributed by atoms with Crippen LogP contribution in [0.2, 0.25) is 10.0 Å². The van der Waals surface area contributed by atoms with Crippen molar-refractivity contribution in [1.29, 1.82) is 0 Å². The summed E-state index contributed by atoms with van der Waals surface area (Å²) in [7, 11) is 0. The molecule has 3 rings (SSSR count). The van der Waals surface area contributed by atoms with Crippen LogP contribution in [0.3, 0.4) is 0 Å². The third-order valence-corrected chi connectivity index (χ3v) is 5.40. The van der Waals surface area contributed by atoms with Crippen molar-refractivity contribution < 1.29 is 23.4 Å². The zero-order valence-electron chi connectivity index (χ0n) is 15.8. The summed E-state index contributed by atoms with van der Waals surface area (Å²) in [6.45, 7) is 1.34. The summed E-state index contributed by atoms with van der Waals surface area (Å²) < 4.78 is 38.4. The second-order valence-corrected chi connectivity index (χ2v) is 7.70. The van der Waals surface area contributed by atoms with Crippen LogP contribution in [0.15, 0.2) is 36.5 Å². The molecule has 0 saturated carbocycles. The van der Waals surface area contributed by atoms with E-state index in [0.717, 1.165) is 11.6 Å². The number of hydrogen-bond donors (Lipinski definition) is 3. The summed E-state index contributed by atoms with van der Waals surface area (Å²) in [4.78, 5) is 6.39. The molecular formula is C20H20Cl2F3N3O2. The molecule has 2 aromatic rings. The number of pyridine rings is 1. The molecule has 0 unspecified atom stereocenters. The fourth-order valence-electron chi connectivity index (χ4n) is 3.10. The molecule has 0 aliphatic carbocycles. The van der Waals surface area contributed by atoms with Crippen LogP contribution in [0.25, 0.3) is 5.57 Å². The maximum atomic E-state index is 12.8. The number of hydrogen-bond acceptors (Lipinski definition) is 5. The second kappa shape index (κ2) is 9.53. The van der Waals surface area contributed by atoms with Crippen LogP contribution >= 0.6 is 23.2 Å². The van der Waals surface area contributed by atoms with E-state index in [4.69, 9.17) is 28.3 Å². The van der Waals surface area contributed by atoms with E-state index < -0.39 is 24.5 Å². The molecule has 10 heteroatoms. The lowest BCUT2D eigenvalue weighted by atomic mass is 10.0. The van der Waals surface area contributed by atoms with Crippen LogP contribution < -0.4 is 5.32 Å². The molecule has 5 nitrogen and oxygen atoms in total. The Labute approximate surface area is 181 Å². The molecule has 0 fully saturated rings. The van der Waals surface area contributed by atoms with Crippen LogP contribution in [0.1, 0.15) is 29.3 Å². The molecule has 0 bridgehead atoms. The lowest BCUT2D eigenvalue weighted by Crippen LogP contribution is -2.33. The lowest BCUT2D eigenvalue weighted by molar-refractivity contribution is -0.137. The van der Waals surface area contributed by atoms with Gasteiger partial charge in [-0.2, -0.15) is 13.2 Å². The van der Waals surface area contributed by atoms with E-state index >= 15 is 0 Å². The highest BCUT2D eigenvalue weighted by molar-refractivity contribution is 6.32. The summed E-state index contributed by atoms with van der Waals surface area (Å²) in [6, 6.07) is 5.17. The first kappa shape index (κ1) is 22.8. The van der Waals surface area contributed by atoms with Gasteiger partial charge in [-0.15, -0.1) is 0 Å². The van der Waals surface area contributed by atoms with Crippen molar-refractivity contribution in [3.8, 4) is 0 Å². The average molecular weight is 462 g/mol. The minimum Gasteiger partial charge on any atom is -0.393 e. The number of anilines is 1. The van der Waals surface area contributed by atoms with E-state index in [-0.39, 0.29) is 5.02 Å². The first-order chi connectivity index (χ1) is 14.2. The van der Waals surface area contributed by atoms with Gasteiger partial charge in [0.25, 0.3) is 0 Å². The average Bonchev–Trinajstić information content (AvgIpc) is 2.71. The first-order valence-electron chi connectivity index (χ1n) is 9.15. The molecule has 1 aliphatic heterocycles. The SMILES string of the molecule is OC[C@H](O)c1cnc(C2=CCN(CNc3ccc(C(F)(F)F)c(Cl)c3)CC2)c(Cl)c1. The summed E-state index contributed by atoms with van der Waals surface area (Å²) >= 11 is 12.0. The Morgan fingerprint density at radius 2 is 1.97 bits per heavy atom. The van der Waals surface area contributed by atoms with E-state index in [1.807, 2.05) is 6.08 Å². The van der Waals surface area contributed by atoms with Gasteiger partial charge in [-0.3, -0.25) is 9.88 Å². The smallest absolute Gasteiger partial charge is 0.393 e. The van der Waals surface area contributed by atoms with E-state index in [0.29, 0.717) is 48.1 Å². The molecule has 2 heterocycles. The molecule has 3 N–H and O–H groups in total. The molecule has 0 radical (unpaired) electrons. The predicted molar refractivity (Wildman–Crippen MR) is 110 cm³/mol. The van der Waals surface area contributed by atoms with Gasteiger partial charge in [0.1, 0.15) is 6.10 Å². The van der Waals surface area contributed by atoms with Crippen molar-refractivity contribution in [3.05, 3.63) is 63.4 Å². The zero-order valence-corrected chi connectivity index (χ0v) is 17.3. The van der Waals surface area contributed by atoms with E-state index in [1.165, 1.54) is 18.3 Å². The Kier molecular flexibility index (Phi) is 7.26. The van der Waals surface area contributed by atoms with Crippen LogP contribution in [0.5, 0.6) is 0 Å². The van der Waals surface area contributed by atoms with Crippen molar-refractivity contribution in [2.75, 3.05) is 31.7 Å². The first-order valence-corrected chi connectivity index (χ1v) is 9.91. The molecule has 1 aromatic heterocycles. The Bertz CT molecular complexity index is 938. The van der Waals surface area contributed by atoms with Crippen molar-refractivity contribution in [1.82, 2.24) is 9.88 Å². The number of aliphatic hydroxyl groups is 2. The van der Waals surface area contributed by atoms with Crippen LogP contribution in [-0.4, -0.2) is 46.5 Å². The number of halogens is 5. The van der Waals surface area contributed by atoms with Gasteiger partial charge in [-0.1, -0.05) is 29.3 Å². The number of benzene rings is 1. The fraction of sp³-hybridized carbons (Fsp3) is 0.350. The third kappa shape index (κ3) is 5.44. The van der Waals surface area contributed by atoms with Gasteiger partial charge < -0.3 is 15.5 Å². The summed E-state index contributed by atoms with van der Waals surface area (Å²) in [5.41, 5.74) is 1.70. The van der Waals surface area contributed by atoms with Gasteiger partial charge in [0.05, 0.1) is 34.6 Å². The van der Waals surface area contributed by atoms with E-state index in [1.54, 1.807) is 6.07 Å². The van der Waals surface area contributed by atoms with Gasteiger partial charge in [0, 0.05) is 30.5 Å². The Balaban J connectivity index is 1.60. The molecule has 1 aliphatic rings. The van der Waals surface area contributed by atoms with Gasteiger partial charge in [0.2, 0.25) is 0 Å². The maximum absolute atomic E-state index is 12.8. The number of aliphatic hydroxyl groups excluding tert-OH is 2. The standard InChI is InChI=1S/C20H20Cl2F3N3O2/c21-16-8-14(1-2-15(16)20(23,24)25)27-11-28-5-3-12(4-6-28)19-17(22)7-13(9-26-19)18(30)10-29/h1-3,7-9,18,27,29-30H,4-6,10-11H2/t18-/m0/s1. The number of nitrogens with zero attached hydrogens (tertiary/aromatic N) is 2. The monoisotopic (exact) mass is 461 g/mol. The van der Waals surface area contributed by atoms with Crippen molar-refractivity contribution in [2.45, 2.75) is 18.7 Å². The minimum absolute atomic E-state index is 0.344. The van der Waals surface area contributed by atoms with Crippen LogP contribution in [-0.2, 0) is 6.18 Å². The fourth-order valence-corrected chi connectivity index (χ4v) is 3.69. The Morgan fingerprint density at radius 3 is 2.53 bits per heavy atom. The number of aromatic nitrogens is 1. The topological polar surface area (TPSA) is 68.6 Å². The summed E-state index contributed by atoms with van der Waals surface area (Å²) in [6.07, 6.45) is -1.34. The predicted octanol–water partition coefficient (Wildman–Crippen LogP) is 4.59. The van der Waals surface area contributed by atoms with Gasteiger partial charge >= 0.3 is 6.18 Å². The summed E-state index contributed by atoms with van der Waals surface area (Å²) in [5, 5.41) is 21.8. The molecule has 0 saturated heterocycles. The third-order valence-electron chi connectivity index (χ3n) is 4.80. The van der Waals surface area contributed by atoms with E-state index in [2.05, 4.69) is 15.2 Å². The molecule has 0 spiro atoms. The normalized spacial score (nSPS) is 16.3. The lowest BCUT2D eigenvalue weighted by Gasteiger charge is -2.27. The van der Waals surface area contributed by atoms with Crippen molar-refractivity contribution in [3.63, 3.8) is 0 Å². The number of nitrogens with one attached hydrogen (secondary N) is 1. The van der Waals surface area contributed by atoms with Gasteiger partial charge in [-0.05, 0) is 36.3 Å². The number of alkyl halides is 3. The van der Waals surface area contributed by atoms with Crippen molar-refractivity contribution >= 4 is 34.5 Å². The number of rotatable bonds is 6. The van der Waals surface area contributed by atoms with E-state index in [9.17, 15) is 18.3 Å². The van der Waals surface area contributed by atoms with Crippen LogP contribution in [0, 0.1) is 0 Å². The second-order valence-electron chi connectivity index (χ2n) is 6.88. The van der Waals surface area contributed by atoms with Gasteiger partial charge in [0.15, 0.2) is 0 Å². The minimum atomic E-state index is -4.48. The highest BCUT2D eigenvalue weighted by Gasteiger charge is 2.33. The summed E-state index contributed by atoms with van der Waals surface area (Å²) in [5.74, 6) is 0. The highest BCUT2D eigenvalue weighted by Crippen LogP contribution is 2.36. The Morgan fingerprint density at radius 1 is 1.20 bits per heavy atom. The van der Waals surface area contributed by atoms with Crippen LogP contribution in [0.4, 0.5) is 18.9 Å². The maximum Gasteiger partial charge on any atom is 0.417 e. The molecule has 162 valence electrons. The highest BCUT2D eigenvalue weighted by atomic mass is 35.5. The molecule has 1 aromatic carbocycles. The zero-order chi connectivity index (χ0) is 21.9. The molecular weight excluding hydrogens is 442 g/mol. The van der Waals surface area contributed by atoms with Crippen molar-refractivity contribution in [2.24, 2.45) is 0 Å². The largest absolute Gasteiger partial charge is 0.417 e.